The predicted molar refractivity (Wildman–Crippen MR) is 68.8 cm³/mol. The van der Waals surface area contributed by atoms with Gasteiger partial charge in [0, 0.05) is 0 Å². The lowest BCUT2D eigenvalue weighted by atomic mass is 9.84. The highest BCUT2D eigenvalue weighted by molar-refractivity contribution is 5.36. The Labute approximate surface area is 98.7 Å². The maximum Gasteiger partial charge on any atom is 0.0626 e. The fourth-order valence-corrected chi connectivity index (χ4v) is 1.83. The van der Waals surface area contributed by atoms with Gasteiger partial charge in [0.2, 0.25) is 0 Å². The molecule has 0 aromatic heterocycles. The Morgan fingerprint density at radius 2 is 1.94 bits per heavy atom. The first-order valence-corrected chi connectivity index (χ1v) is 5.79. The van der Waals surface area contributed by atoms with Crippen LogP contribution in [0, 0.1) is 6.92 Å². The van der Waals surface area contributed by atoms with Gasteiger partial charge < -0.3 is 10.4 Å². The standard InChI is InChI=1S/C14H23NO/c1-10-6-7-11(14(2,3)4)8-12(10)13(9-16)15-5/h6-8,13,15-16H,9H2,1-5H3. The van der Waals surface area contributed by atoms with E-state index in [2.05, 4.69) is 51.2 Å². The molecule has 0 aliphatic heterocycles. The summed E-state index contributed by atoms with van der Waals surface area (Å²) in [6, 6.07) is 6.54. The van der Waals surface area contributed by atoms with Crippen LogP contribution < -0.4 is 5.32 Å². The van der Waals surface area contributed by atoms with Crippen molar-refractivity contribution in [2.45, 2.75) is 39.2 Å². The van der Waals surface area contributed by atoms with Crippen LogP contribution in [-0.4, -0.2) is 18.8 Å². The lowest BCUT2D eigenvalue weighted by Gasteiger charge is -2.23. The van der Waals surface area contributed by atoms with Gasteiger partial charge in [-0.2, -0.15) is 0 Å². The first-order valence-electron chi connectivity index (χ1n) is 5.79. The lowest BCUT2D eigenvalue weighted by molar-refractivity contribution is 0.250. The first-order chi connectivity index (χ1) is 7.40. The number of aliphatic hydroxyl groups is 1. The van der Waals surface area contributed by atoms with Crippen LogP contribution in [0.1, 0.15) is 43.5 Å². The van der Waals surface area contributed by atoms with Gasteiger partial charge in [-0.15, -0.1) is 0 Å². The van der Waals surface area contributed by atoms with E-state index in [-0.39, 0.29) is 18.1 Å². The molecule has 1 atom stereocenters. The minimum Gasteiger partial charge on any atom is -0.394 e. The van der Waals surface area contributed by atoms with E-state index in [1.54, 1.807) is 0 Å². The number of aliphatic hydroxyl groups excluding tert-OH is 1. The number of hydrogen-bond acceptors (Lipinski definition) is 2. The van der Waals surface area contributed by atoms with Gasteiger partial charge in [-0.25, -0.2) is 0 Å². The zero-order valence-electron chi connectivity index (χ0n) is 11.0. The van der Waals surface area contributed by atoms with E-state index < -0.39 is 0 Å². The van der Waals surface area contributed by atoms with Crippen LogP contribution in [0.5, 0.6) is 0 Å². The fourth-order valence-electron chi connectivity index (χ4n) is 1.83. The Morgan fingerprint density at radius 1 is 1.31 bits per heavy atom. The highest BCUT2D eigenvalue weighted by atomic mass is 16.3. The molecule has 1 aromatic rings. The van der Waals surface area contributed by atoms with Gasteiger partial charge in [-0.1, -0.05) is 39.0 Å². The van der Waals surface area contributed by atoms with Gasteiger partial charge in [0.15, 0.2) is 0 Å². The van der Waals surface area contributed by atoms with Crippen molar-refractivity contribution in [3.05, 3.63) is 34.9 Å². The average Bonchev–Trinajstić information content (AvgIpc) is 2.20. The van der Waals surface area contributed by atoms with Crippen LogP contribution >= 0.6 is 0 Å². The first kappa shape index (κ1) is 13.2. The predicted octanol–water partition coefficient (Wildman–Crippen LogP) is 2.55. The normalized spacial score (nSPS) is 13.9. The zero-order valence-corrected chi connectivity index (χ0v) is 11.0. The van der Waals surface area contributed by atoms with E-state index in [4.69, 9.17) is 0 Å². The summed E-state index contributed by atoms with van der Waals surface area (Å²) in [5.41, 5.74) is 3.87. The molecule has 1 aromatic carbocycles. The number of hydrogen-bond donors (Lipinski definition) is 2. The van der Waals surface area contributed by atoms with E-state index in [0.717, 1.165) is 0 Å². The highest BCUT2D eigenvalue weighted by Crippen LogP contribution is 2.27. The monoisotopic (exact) mass is 221 g/mol. The Bertz CT molecular complexity index is 348. The molecule has 90 valence electrons. The van der Waals surface area contributed by atoms with Crippen LogP contribution in [0.25, 0.3) is 0 Å². The van der Waals surface area contributed by atoms with Crippen molar-refractivity contribution < 1.29 is 5.11 Å². The molecule has 16 heavy (non-hydrogen) atoms. The number of aryl methyl sites for hydroxylation is 1. The Kier molecular flexibility index (Phi) is 4.11. The van der Waals surface area contributed by atoms with Crippen LogP contribution in [0.2, 0.25) is 0 Å². The molecule has 0 spiro atoms. The Morgan fingerprint density at radius 3 is 2.38 bits per heavy atom. The molecule has 0 aliphatic rings. The third-order valence-corrected chi connectivity index (χ3v) is 3.05. The Balaban J connectivity index is 3.18. The van der Waals surface area contributed by atoms with Gasteiger partial charge in [0.05, 0.1) is 12.6 Å². The van der Waals surface area contributed by atoms with Crippen molar-refractivity contribution in [2.24, 2.45) is 0 Å². The van der Waals surface area contributed by atoms with Crippen molar-refractivity contribution >= 4 is 0 Å². The summed E-state index contributed by atoms with van der Waals surface area (Å²) in [6.07, 6.45) is 0. The number of benzene rings is 1. The van der Waals surface area contributed by atoms with Crippen molar-refractivity contribution in [3.8, 4) is 0 Å². The molecular formula is C14H23NO. The summed E-state index contributed by atoms with van der Waals surface area (Å²) in [7, 11) is 1.88. The second-order valence-corrected chi connectivity index (χ2v) is 5.35. The van der Waals surface area contributed by atoms with E-state index in [1.807, 2.05) is 7.05 Å². The molecule has 1 rings (SSSR count). The molecule has 2 nitrogen and oxygen atoms in total. The summed E-state index contributed by atoms with van der Waals surface area (Å²) < 4.78 is 0. The molecule has 0 fully saturated rings. The second-order valence-electron chi connectivity index (χ2n) is 5.35. The van der Waals surface area contributed by atoms with Gasteiger partial charge in [0.25, 0.3) is 0 Å². The molecule has 0 saturated heterocycles. The molecule has 2 N–H and O–H groups in total. The largest absolute Gasteiger partial charge is 0.394 e. The highest BCUT2D eigenvalue weighted by Gasteiger charge is 2.17. The van der Waals surface area contributed by atoms with Crippen LogP contribution in [0.3, 0.4) is 0 Å². The maximum atomic E-state index is 9.34. The van der Waals surface area contributed by atoms with Gasteiger partial charge in [0.1, 0.15) is 0 Å². The number of nitrogens with one attached hydrogen (secondary N) is 1. The number of rotatable bonds is 3. The summed E-state index contributed by atoms with van der Waals surface area (Å²) >= 11 is 0. The molecule has 0 heterocycles. The lowest BCUT2D eigenvalue weighted by Crippen LogP contribution is -2.22. The van der Waals surface area contributed by atoms with Crippen LogP contribution in [-0.2, 0) is 5.41 Å². The second kappa shape index (κ2) is 4.98. The molecular weight excluding hydrogens is 198 g/mol. The van der Waals surface area contributed by atoms with Crippen molar-refractivity contribution in [3.63, 3.8) is 0 Å². The van der Waals surface area contributed by atoms with E-state index in [9.17, 15) is 5.11 Å². The molecule has 0 saturated carbocycles. The quantitative estimate of drug-likeness (QED) is 0.822. The maximum absolute atomic E-state index is 9.34. The van der Waals surface area contributed by atoms with Crippen LogP contribution in [0.4, 0.5) is 0 Å². The zero-order chi connectivity index (χ0) is 12.3. The van der Waals surface area contributed by atoms with Crippen molar-refractivity contribution in [2.75, 3.05) is 13.7 Å². The fraction of sp³-hybridized carbons (Fsp3) is 0.571. The topological polar surface area (TPSA) is 32.3 Å². The van der Waals surface area contributed by atoms with Gasteiger partial charge in [-0.05, 0) is 36.1 Å². The van der Waals surface area contributed by atoms with Crippen molar-refractivity contribution in [1.82, 2.24) is 5.32 Å². The number of likely N-dealkylation sites (N-methyl/N-ethyl adjacent to an activating group) is 1. The third-order valence-electron chi connectivity index (χ3n) is 3.05. The summed E-state index contributed by atoms with van der Waals surface area (Å²) in [6.45, 7) is 8.82. The summed E-state index contributed by atoms with van der Waals surface area (Å²) in [5, 5.41) is 12.5. The average molecular weight is 221 g/mol. The van der Waals surface area contributed by atoms with E-state index in [1.165, 1.54) is 16.7 Å². The summed E-state index contributed by atoms with van der Waals surface area (Å²) in [5.74, 6) is 0. The third kappa shape index (κ3) is 2.83. The summed E-state index contributed by atoms with van der Waals surface area (Å²) in [4.78, 5) is 0. The molecule has 2 heteroatoms. The smallest absolute Gasteiger partial charge is 0.0626 e. The molecule has 0 radical (unpaired) electrons. The van der Waals surface area contributed by atoms with Crippen LogP contribution in [0.15, 0.2) is 18.2 Å². The molecule has 0 amide bonds. The Hall–Kier alpha value is -0.860. The SMILES string of the molecule is CNC(CO)c1cc(C(C)(C)C)ccc1C. The van der Waals surface area contributed by atoms with E-state index >= 15 is 0 Å². The van der Waals surface area contributed by atoms with E-state index in [0.29, 0.717) is 0 Å². The van der Waals surface area contributed by atoms with Gasteiger partial charge >= 0.3 is 0 Å². The minimum atomic E-state index is 0.0299. The van der Waals surface area contributed by atoms with Crippen molar-refractivity contribution in [1.29, 1.82) is 0 Å². The molecule has 1 unspecified atom stereocenters. The molecule has 0 bridgehead atoms. The van der Waals surface area contributed by atoms with Gasteiger partial charge in [-0.3, -0.25) is 0 Å². The minimum absolute atomic E-state index is 0.0299. The molecule has 0 aliphatic carbocycles.